The number of fused-ring (bicyclic) bond motifs is 1. The molecule has 4 aromatic rings. The Labute approximate surface area is 191 Å². The third kappa shape index (κ3) is 5.30. The minimum absolute atomic E-state index is 0.0999. The second-order valence-electron chi connectivity index (χ2n) is 7.61. The molecule has 2 aromatic carbocycles. The van der Waals surface area contributed by atoms with E-state index in [0.29, 0.717) is 17.0 Å². The van der Waals surface area contributed by atoms with Crippen molar-refractivity contribution in [2.75, 3.05) is 13.2 Å². The van der Waals surface area contributed by atoms with E-state index in [0.717, 1.165) is 17.0 Å². The Kier molecular flexibility index (Phi) is 6.85. The minimum Gasteiger partial charge on any atom is -0.487 e. The number of benzene rings is 2. The van der Waals surface area contributed by atoms with E-state index in [1.807, 2.05) is 66.9 Å². The van der Waals surface area contributed by atoms with Gasteiger partial charge in [0, 0.05) is 30.1 Å². The first-order valence-electron chi connectivity index (χ1n) is 10.8. The fraction of sp³-hybridized carbons (Fsp3) is 0.240. The molecule has 0 spiro atoms. The molecule has 0 bridgehead atoms. The van der Waals surface area contributed by atoms with Crippen LogP contribution in [0.5, 0.6) is 11.6 Å². The molecule has 2 aromatic heterocycles. The summed E-state index contributed by atoms with van der Waals surface area (Å²) in [6.07, 6.45) is 3.06. The van der Waals surface area contributed by atoms with Gasteiger partial charge in [0.2, 0.25) is 5.88 Å². The van der Waals surface area contributed by atoms with Crippen molar-refractivity contribution >= 4 is 16.9 Å². The van der Waals surface area contributed by atoms with E-state index in [9.17, 15) is 4.79 Å². The highest BCUT2D eigenvalue weighted by Gasteiger charge is 2.16. The quantitative estimate of drug-likeness (QED) is 0.409. The topological polar surface area (TPSA) is 98.5 Å². The SMILES string of the molecule is CC(Oc1ccc(-n2cnc3cc(C(=O)NCCO)ccc32)cc1)C(C)Oc1ccccn1. The molecule has 2 atom stereocenters. The number of nitrogens with zero attached hydrogens (tertiary/aromatic N) is 3. The lowest BCUT2D eigenvalue weighted by Gasteiger charge is -2.22. The number of hydrogen-bond donors (Lipinski definition) is 2. The van der Waals surface area contributed by atoms with Crippen molar-refractivity contribution in [1.82, 2.24) is 19.9 Å². The molecule has 0 aliphatic heterocycles. The van der Waals surface area contributed by atoms with Gasteiger partial charge in [-0.3, -0.25) is 9.36 Å². The van der Waals surface area contributed by atoms with Crippen molar-refractivity contribution in [3.8, 4) is 17.3 Å². The normalized spacial score (nSPS) is 12.8. The molecule has 0 fully saturated rings. The van der Waals surface area contributed by atoms with Crippen molar-refractivity contribution in [1.29, 1.82) is 0 Å². The van der Waals surface area contributed by atoms with Gasteiger partial charge in [0.1, 0.15) is 24.3 Å². The van der Waals surface area contributed by atoms with Gasteiger partial charge in [-0.05, 0) is 62.4 Å². The highest BCUT2D eigenvalue weighted by atomic mass is 16.5. The van der Waals surface area contributed by atoms with Crippen LogP contribution in [0.25, 0.3) is 16.7 Å². The van der Waals surface area contributed by atoms with Gasteiger partial charge < -0.3 is 19.9 Å². The summed E-state index contributed by atoms with van der Waals surface area (Å²) in [4.78, 5) is 20.7. The summed E-state index contributed by atoms with van der Waals surface area (Å²) in [5.41, 5.74) is 3.02. The van der Waals surface area contributed by atoms with E-state index >= 15 is 0 Å². The van der Waals surface area contributed by atoms with Crippen LogP contribution < -0.4 is 14.8 Å². The zero-order valence-electron chi connectivity index (χ0n) is 18.5. The molecule has 0 saturated carbocycles. The van der Waals surface area contributed by atoms with Crippen LogP contribution in [0.3, 0.4) is 0 Å². The molecule has 8 heteroatoms. The number of aliphatic hydroxyl groups is 1. The molecule has 0 saturated heterocycles. The first-order valence-corrected chi connectivity index (χ1v) is 10.8. The molecular weight excluding hydrogens is 420 g/mol. The number of aromatic nitrogens is 3. The van der Waals surface area contributed by atoms with E-state index in [1.165, 1.54) is 0 Å². The lowest BCUT2D eigenvalue weighted by atomic mass is 10.2. The molecule has 2 unspecified atom stereocenters. The van der Waals surface area contributed by atoms with Gasteiger partial charge in [0.25, 0.3) is 5.91 Å². The molecule has 0 radical (unpaired) electrons. The van der Waals surface area contributed by atoms with Gasteiger partial charge in [-0.15, -0.1) is 0 Å². The predicted molar refractivity (Wildman–Crippen MR) is 125 cm³/mol. The molecule has 4 rings (SSSR count). The first-order chi connectivity index (χ1) is 16.0. The van der Waals surface area contributed by atoms with Crippen molar-refractivity contribution in [2.24, 2.45) is 0 Å². The first kappa shape index (κ1) is 22.3. The van der Waals surface area contributed by atoms with Gasteiger partial charge in [-0.2, -0.15) is 0 Å². The number of carbonyl (C=O) groups excluding carboxylic acids is 1. The minimum atomic E-state index is -0.239. The molecular formula is C25H26N4O4. The fourth-order valence-electron chi connectivity index (χ4n) is 3.33. The number of imidazole rings is 1. The Morgan fingerprint density at radius 2 is 1.82 bits per heavy atom. The maximum absolute atomic E-state index is 12.1. The van der Waals surface area contributed by atoms with Gasteiger partial charge in [0.05, 0.1) is 17.6 Å². The fourth-order valence-corrected chi connectivity index (χ4v) is 3.33. The predicted octanol–water partition coefficient (Wildman–Crippen LogP) is 3.38. The number of pyridine rings is 1. The van der Waals surface area contributed by atoms with Crippen molar-refractivity contribution < 1.29 is 19.4 Å². The smallest absolute Gasteiger partial charge is 0.251 e. The van der Waals surface area contributed by atoms with E-state index in [-0.39, 0.29) is 31.3 Å². The van der Waals surface area contributed by atoms with Crippen LogP contribution in [0, 0.1) is 0 Å². The van der Waals surface area contributed by atoms with Crippen molar-refractivity contribution in [3.63, 3.8) is 0 Å². The van der Waals surface area contributed by atoms with Crippen LogP contribution in [-0.4, -0.2) is 50.9 Å². The second-order valence-corrected chi connectivity index (χ2v) is 7.61. The molecule has 170 valence electrons. The summed E-state index contributed by atoms with van der Waals surface area (Å²) >= 11 is 0. The second kappa shape index (κ2) is 10.1. The summed E-state index contributed by atoms with van der Waals surface area (Å²) < 4.78 is 13.8. The summed E-state index contributed by atoms with van der Waals surface area (Å²) in [5, 5.41) is 11.5. The Hall–Kier alpha value is -3.91. The lowest BCUT2D eigenvalue weighted by Crippen LogP contribution is -2.31. The number of ether oxygens (including phenoxy) is 2. The van der Waals surface area contributed by atoms with Gasteiger partial charge in [-0.1, -0.05) is 6.07 Å². The molecule has 0 aliphatic rings. The van der Waals surface area contributed by atoms with Crippen LogP contribution in [0.4, 0.5) is 0 Å². The maximum atomic E-state index is 12.1. The maximum Gasteiger partial charge on any atom is 0.251 e. The highest BCUT2D eigenvalue weighted by molar-refractivity contribution is 5.97. The van der Waals surface area contributed by atoms with E-state index in [4.69, 9.17) is 14.6 Å². The highest BCUT2D eigenvalue weighted by Crippen LogP contribution is 2.23. The van der Waals surface area contributed by atoms with Crippen LogP contribution >= 0.6 is 0 Å². The van der Waals surface area contributed by atoms with E-state index in [2.05, 4.69) is 15.3 Å². The number of amides is 1. The van der Waals surface area contributed by atoms with Crippen LogP contribution in [0.15, 0.2) is 73.2 Å². The summed E-state index contributed by atoms with van der Waals surface area (Å²) in [5.74, 6) is 1.06. The number of rotatable bonds is 9. The van der Waals surface area contributed by atoms with E-state index in [1.54, 1.807) is 24.7 Å². The summed E-state index contributed by atoms with van der Waals surface area (Å²) in [6, 6.07) is 18.6. The number of hydrogen-bond acceptors (Lipinski definition) is 6. The molecule has 1 amide bonds. The largest absolute Gasteiger partial charge is 0.487 e. The zero-order chi connectivity index (χ0) is 23.2. The van der Waals surface area contributed by atoms with Crippen LogP contribution in [0.1, 0.15) is 24.2 Å². The van der Waals surface area contributed by atoms with Crippen LogP contribution in [0.2, 0.25) is 0 Å². The monoisotopic (exact) mass is 446 g/mol. The van der Waals surface area contributed by atoms with Gasteiger partial charge >= 0.3 is 0 Å². The van der Waals surface area contributed by atoms with Gasteiger partial charge in [-0.25, -0.2) is 9.97 Å². The Morgan fingerprint density at radius 1 is 1.03 bits per heavy atom. The summed E-state index contributed by atoms with van der Waals surface area (Å²) in [7, 11) is 0. The molecule has 0 aliphatic carbocycles. The number of carbonyl (C=O) groups is 1. The van der Waals surface area contributed by atoms with Crippen LogP contribution in [-0.2, 0) is 0 Å². The Bertz CT molecular complexity index is 1210. The molecule has 2 N–H and O–H groups in total. The third-order valence-corrected chi connectivity index (χ3v) is 5.25. The van der Waals surface area contributed by atoms with Crippen molar-refractivity contribution in [2.45, 2.75) is 26.1 Å². The third-order valence-electron chi connectivity index (χ3n) is 5.25. The average Bonchev–Trinajstić information content (AvgIpc) is 3.27. The van der Waals surface area contributed by atoms with E-state index < -0.39 is 0 Å². The molecule has 8 nitrogen and oxygen atoms in total. The molecule has 2 heterocycles. The number of aliphatic hydroxyl groups excluding tert-OH is 1. The lowest BCUT2D eigenvalue weighted by molar-refractivity contribution is 0.0746. The van der Waals surface area contributed by atoms with Crippen molar-refractivity contribution in [3.05, 3.63) is 78.8 Å². The summed E-state index contributed by atoms with van der Waals surface area (Å²) in [6.45, 7) is 4.02. The zero-order valence-corrected chi connectivity index (χ0v) is 18.5. The number of nitrogens with one attached hydrogen (secondary N) is 1. The molecule has 33 heavy (non-hydrogen) atoms. The average molecular weight is 447 g/mol. The van der Waals surface area contributed by atoms with Gasteiger partial charge in [0.15, 0.2) is 0 Å². The Balaban J connectivity index is 1.44. The standard InChI is InChI=1S/C25H26N4O4/c1-17(18(2)33-24-5-3-4-12-26-24)32-21-9-7-20(8-10-21)29-16-28-22-15-19(6-11-23(22)29)25(31)27-13-14-30/h3-12,15-18,30H,13-14H2,1-2H3,(H,27,31). The Morgan fingerprint density at radius 3 is 2.55 bits per heavy atom.